The molecule has 3 heteroatoms. The van der Waals surface area contributed by atoms with Crippen molar-refractivity contribution >= 4 is 31.9 Å². The summed E-state index contributed by atoms with van der Waals surface area (Å²) in [6, 6.07) is 15.1. The van der Waals surface area contributed by atoms with Gasteiger partial charge in [-0.3, -0.25) is 0 Å². The molecule has 1 unspecified atom stereocenters. The van der Waals surface area contributed by atoms with Gasteiger partial charge < -0.3 is 5.32 Å². The molecule has 2 aromatic carbocycles. The molecule has 1 nitrogen and oxygen atoms in total. The SMILES string of the molecule is CNC(Cc1ccccc1Br)c1cccc(Br)c1C. The number of nitrogens with one attached hydrogen (secondary N) is 1. The minimum atomic E-state index is 0.316. The number of rotatable bonds is 4. The fraction of sp³-hybridized carbons (Fsp3) is 0.250. The maximum absolute atomic E-state index is 3.62. The topological polar surface area (TPSA) is 12.0 Å². The quantitative estimate of drug-likeness (QED) is 0.782. The van der Waals surface area contributed by atoms with E-state index >= 15 is 0 Å². The Hall–Kier alpha value is -0.640. The Kier molecular flexibility index (Phi) is 5.20. The molecule has 0 aliphatic carbocycles. The Morgan fingerprint density at radius 1 is 1.00 bits per heavy atom. The number of likely N-dealkylation sites (N-methyl/N-ethyl adjacent to an activating group) is 1. The van der Waals surface area contributed by atoms with Crippen molar-refractivity contribution in [3.63, 3.8) is 0 Å². The zero-order valence-corrected chi connectivity index (χ0v) is 14.3. The van der Waals surface area contributed by atoms with Gasteiger partial charge in [0.05, 0.1) is 0 Å². The molecule has 2 rings (SSSR count). The molecular weight excluding hydrogens is 366 g/mol. The van der Waals surface area contributed by atoms with Crippen molar-refractivity contribution in [3.8, 4) is 0 Å². The average molecular weight is 383 g/mol. The zero-order chi connectivity index (χ0) is 13.8. The van der Waals surface area contributed by atoms with Gasteiger partial charge in [-0.05, 0) is 49.2 Å². The van der Waals surface area contributed by atoms with Gasteiger partial charge in [0.1, 0.15) is 0 Å². The van der Waals surface area contributed by atoms with Gasteiger partial charge in [0.2, 0.25) is 0 Å². The van der Waals surface area contributed by atoms with E-state index in [0.29, 0.717) is 6.04 Å². The lowest BCUT2D eigenvalue weighted by Crippen LogP contribution is -2.20. The number of benzene rings is 2. The Balaban J connectivity index is 2.31. The first-order chi connectivity index (χ1) is 9.13. The molecule has 100 valence electrons. The molecule has 0 radical (unpaired) electrons. The van der Waals surface area contributed by atoms with E-state index in [1.807, 2.05) is 13.1 Å². The molecule has 0 fully saturated rings. The summed E-state index contributed by atoms with van der Waals surface area (Å²) in [6.45, 7) is 2.16. The number of hydrogen-bond donors (Lipinski definition) is 1. The highest BCUT2D eigenvalue weighted by Crippen LogP contribution is 2.28. The molecule has 0 aromatic heterocycles. The highest BCUT2D eigenvalue weighted by atomic mass is 79.9. The minimum Gasteiger partial charge on any atom is -0.313 e. The third-order valence-electron chi connectivity index (χ3n) is 3.42. The van der Waals surface area contributed by atoms with Crippen LogP contribution in [0.15, 0.2) is 51.4 Å². The van der Waals surface area contributed by atoms with Crippen LogP contribution in [0.3, 0.4) is 0 Å². The molecule has 0 amide bonds. The molecule has 2 aromatic rings. The molecule has 0 heterocycles. The maximum Gasteiger partial charge on any atom is 0.0361 e. The molecule has 0 saturated heterocycles. The van der Waals surface area contributed by atoms with Crippen LogP contribution in [0.5, 0.6) is 0 Å². The van der Waals surface area contributed by atoms with Crippen molar-refractivity contribution in [2.75, 3.05) is 7.05 Å². The van der Waals surface area contributed by atoms with Crippen LogP contribution in [0.4, 0.5) is 0 Å². The Bertz CT molecular complexity index is 566. The molecule has 0 aliphatic heterocycles. The smallest absolute Gasteiger partial charge is 0.0361 e. The van der Waals surface area contributed by atoms with Gasteiger partial charge >= 0.3 is 0 Å². The van der Waals surface area contributed by atoms with Crippen molar-refractivity contribution in [3.05, 3.63) is 68.1 Å². The summed E-state index contributed by atoms with van der Waals surface area (Å²) in [6.07, 6.45) is 0.967. The first-order valence-electron chi connectivity index (χ1n) is 6.29. The Morgan fingerprint density at radius 3 is 2.37 bits per heavy atom. The van der Waals surface area contributed by atoms with Gasteiger partial charge in [-0.15, -0.1) is 0 Å². The van der Waals surface area contributed by atoms with E-state index in [1.54, 1.807) is 0 Å². The van der Waals surface area contributed by atoms with Crippen LogP contribution >= 0.6 is 31.9 Å². The Labute approximate surface area is 131 Å². The van der Waals surface area contributed by atoms with Gasteiger partial charge in [0, 0.05) is 15.0 Å². The second-order valence-corrected chi connectivity index (χ2v) is 6.30. The van der Waals surface area contributed by atoms with Crippen LogP contribution in [-0.4, -0.2) is 7.05 Å². The van der Waals surface area contributed by atoms with Gasteiger partial charge in [-0.25, -0.2) is 0 Å². The van der Waals surface area contributed by atoms with Crippen molar-refractivity contribution < 1.29 is 0 Å². The fourth-order valence-corrected chi connectivity index (χ4v) is 3.08. The van der Waals surface area contributed by atoms with E-state index in [0.717, 1.165) is 10.9 Å². The Morgan fingerprint density at radius 2 is 1.68 bits per heavy atom. The van der Waals surface area contributed by atoms with E-state index < -0.39 is 0 Å². The largest absolute Gasteiger partial charge is 0.313 e. The van der Waals surface area contributed by atoms with Crippen LogP contribution in [0.2, 0.25) is 0 Å². The third-order valence-corrected chi connectivity index (χ3v) is 5.05. The van der Waals surface area contributed by atoms with Gasteiger partial charge in [0.15, 0.2) is 0 Å². The molecule has 0 spiro atoms. The normalized spacial score (nSPS) is 12.4. The fourth-order valence-electron chi connectivity index (χ4n) is 2.25. The van der Waals surface area contributed by atoms with Crippen LogP contribution < -0.4 is 5.32 Å². The van der Waals surface area contributed by atoms with Crippen LogP contribution in [0.25, 0.3) is 0 Å². The maximum atomic E-state index is 3.62. The lowest BCUT2D eigenvalue weighted by atomic mass is 9.95. The third kappa shape index (κ3) is 3.47. The van der Waals surface area contributed by atoms with Crippen molar-refractivity contribution in [2.45, 2.75) is 19.4 Å². The summed E-state index contributed by atoms with van der Waals surface area (Å²) in [4.78, 5) is 0. The van der Waals surface area contributed by atoms with E-state index in [1.165, 1.54) is 21.2 Å². The summed E-state index contributed by atoms with van der Waals surface area (Å²) < 4.78 is 2.33. The van der Waals surface area contributed by atoms with E-state index in [2.05, 4.69) is 80.5 Å². The summed E-state index contributed by atoms with van der Waals surface area (Å²) in [7, 11) is 2.02. The highest BCUT2D eigenvalue weighted by Gasteiger charge is 2.14. The van der Waals surface area contributed by atoms with E-state index in [-0.39, 0.29) is 0 Å². The van der Waals surface area contributed by atoms with Crippen LogP contribution in [-0.2, 0) is 6.42 Å². The van der Waals surface area contributed by atoms with Gasteiger partial charge in [-0.2, -0.15) is 0 Å². The van der Waals surface area contributed by atoms with Crippen molar-refractivity contribution in [1.29, 1.82) is 0 Å². The molecule has 0 aliphatic rings. The summed E-state index contributed by atoms with van der Waals surface area (Å²) in [5.41, 5.74) is 3.96. The number of hydrogen-bond acceptors (Lipinski definition) is 1. The van der Waals surface area contributed by atoms with E-state index in [4.69, 9.17) is 0 Å². The summed E-state index contributed by atoms with van der Waals surface area (Å²) >= 11 is 7.23. The van der Waals surface area contributed by atoms with Gasteiger partial charge in [0.25, 0.3) is 0 Å². The monoisotopic (exact) mass is 381 g/mol. The molecule has 1 atom stereocenters. The van der Waals surface area contributed by atoms with Gasteiger partial charge in [-0.1, -0.05) is 62.2 Å². The van der Waals surface area contributed by atoms with Crippen molar-refractivity contribution in [2.24, 2.45) is 0 Å². The predicted octanol–water partition coefficient (Wildman–Crippen LogP) is 5.02. The molecule has 19 heavy (non-hydrogen) atoms. The zero-order valence-electron chi connectivity index (χ0n) is 11.1. The van der Waals surface area contributed by atoms with Crippen molar-refractivity contribution in [1.82, 2.24) is 5.32 Å². The van der Waals surface area contributed by atoms with Crippen LogP contribution in [0.1, 0.15) is 22.7 Å². The molecule has 0 bridgehead atoms. The number of halogens is 2. The predicted molar refractivity (Wildman–Crippen MR) is 88.5 cm³/mol. The lowest BCUT2D eigenvalue weighted by molar-refractivity contribution is 0.587. The molecule has 1 N–H and O–H groups in total. The lowest BCUT2D eigenvalue weighted by Gasteiger charge is -2.20. The molecule has 0 saturated carbocycles. The highest BCUT2D eigenvalue weighted by molar-refractivity contribution is 9.10. The first-order valence-corrected chi connectivity index (χ1v) is 7.87. The molecular formula is C16H17Br2N. The minimum absolute atomic E-state index is 0.316. The second-order valence-electron chi connectivity index (χ2n) is 4.59. The second kappa shape index (κ2) is 6.69. The van der Waals surface area contributed by atoms with E-state index in [9.17, 15) is 0 Å². The summed E-state index contributed by atoms with van der Waals surface area (Å²) in [5, 5.41) is 3.42. The first kappa shape index (κ1) is 14.8. The van der Waals surface area contributed by atoms with Crippen LogP contribution in [0, 0.1) is 6.92 Å². The summed E-state index contributed by atoms with van der Waals surface area (Å²) in [5.74, 6) is 0. The standard InChI is InChI=1S/C16H17Br2N/c1-11-13(7-5-9-14(11)17)16(19-2)10-12-6-3-4-8-15(12)18/h3-9,16,19H,10H2,1-2H3. The average Bonchev–Trinajstić information content (AvgIpc) is 2.41.